The van der Waals surface area contributed by atoms with Gasteiger partial charge in [-0.2, -0.15) is 0 Å². The maximum Gasteiger partial charge on any atom is 0.407 e. The Kier molecular flexibility index (Phi) is 4.51. The Morgan fingerprint density at radius 2 is 2.26 bits per heavy atom. The summed E-state index contributed by atoms with van der Waals surface area (Å²) in [7, 11) is 0. The number of rotatable bonds is 2. The Balaban J connectivity index is 1.95. The summed E-state index contributed by atoms with van der Waals surface area (Å²) in [6, 6.07) is 3.93. The van der Waals surface area contributed by atoms with Crippen LogP contribution < -0.4 is 4.90 Å². The van der Waals surface area contributed by atoms with E-state index >= 15 is 0 Å². The number of likely N-dealkylation sites (tertiary alicyclic amines) is 1. The van der Waals surface area contributed by atoms with Gasteiger partial charge in [-0.25, -0.2) is 4.79 Å². The molecule has 0 saturated carbocycles. The van der Waals surface area contributed by atoms with Crippen molar-refractivity contribution in [2.45, 2.75) is 37.8 Å². The number of hydrogen-bond donors (Lipinski definition) is 2. The van der Waals surface area contributed by atoms with Gasteiger partial charge in [-0.1, -0.05) is 11.6 Å². The van der Waals surface area contributed by atoms with Gasteiger partial charge >= 0.3 is 6.09 Å². The predicted molar refractivity (Wildman–Crippen MR) is 93.4 cm³/mol. The van der Waals surface area contributed by atoms with Crippen LogP contribution in [-0.2, 0) is 6.42 Å². The number of fused-ring (bicyclic) bond motifs is 1. The van der Waals surface area contributed by atoms with Gasteiger partial charge in [0.05, 0.1) is 17.8 Å². The average Bonchev–Trinajstić information content (AvgIpc) is 2.85. The first-order valence-corrected chi connectivity index (χ1v) is 8.89. The summed E-state index contributed by atoms with van der Waals surface area (Å²) in [5, 5.41) is 19.9. The van der Waals surface area contributed by atoms with Crippen molar-refractivity contribution in [3.63, 3.8) is 0 Å². The second kappa shape index (κ2) is 6.15. The fourth-order valence-corrected chi connectivity index (χ4v) is 4.93. The van der Waals surface area contributed by atoms with Crippen LogP contribution >= 0.6 is 27.5 Å². The van der Waals surface area contributed by atoms with E-state index in [1.54, 1.807) is 0 Å². The van der Waals surface area contributed by atoms with E-state index in [-0.39, 0.29) is 12.6 Å². The number of nitrogens with zero attached hydrogens (tertiary/aromatic N) is 2. The molecule has 2 N–H and O–H groups in total. The summed E-state index contributed by atoms with van der Waals surface area (Å²) in [5.41, 5.74) is 1.57. The third-order valence-electron chi connectivity index (χ3n) is 4.97. The summed E-state index contributed by atoms with van der Waals surface area (Å²) in [6.45, 7) is 2.93. The topological polar surface area (TPSA) is 64.0 Å². The number of halogens is 2. The van der Waals surface area contributed by atoms with E-state index in [2.05, 4.69) is 20.8 Å². The molecule has 0 spiro atoms. The molecule has 0 aromatic heterocycles. The Hall–Kier alpha value is -0.980. The van der Waals surface area contributed by atoms with Gasteiger partial charge in [0.1, 0.15) is 0 Å². The molecule has 1 saturated heterocycles. The average molecular weight is 404 g/mol. The van der Waals surface area contributed by atoms with Gasteiger partial charge in [0, 0.05) is 28.6 Å². The lowest BCUT2D eigenvalue weighted by molar-refractivity contribution is 0.0709. The van der Waals surface area contributed by atoms with E-state index in [9.17, 15) is 15.0 Å². The summed E-state index contributed by atoms with van der Waals surface area (Å²) < 4.78 is 0.944. The van der Waals surface area contributed by atoms with Crippen molar-refractivity contribution in [3.8, 4) is 0 Å². The molecule has 0 bridgehead atoms. The molecule has 1 aromatic rings. The van der Waals surface area contributed by atoms with Gasteiger partial charge in [-0.05, 0) is 59.8 Å². The summed E-state index contributed by atoms with van der Waals surface area (Å²) >= 11 is 9.76. The van der Waals surface area contributed by atoms with E-state index in [1.807, 2.05) is 19.1 Å². The largest absolute Gasteiger partial charge is 0.465 e. The second-order valence-corrected chi connectivity index (χ2v) is 7.89. The van der Waals surface area contributed by atoms with Crippen LogP contribution in [0.25, 0.3) is 0 Å². The number of aliphatic hydroxyl groups excluding tert-OH is 1. The minimum Gasteiger partial charge on any atom is -0.465 e. The Labute approximate surface area is 149 Å². The molecular weight excluding hydrogens is 384 g/mol. The van der Waals surface area contributed by atoms with E-state index in [1.165, 1.54) is 10.5 Å². The van der Waals surface area contributed by atoms with Crippen molar-refractivity contribution in [2.75, 3.05) is 24.6 Å². The van der Waals surface area contributed by atoms with Gasteiger partial charge in [0.25, 0.3) is 0 Å². The fraction of sp³-hybridized carbons (Fsp3) is 0.562. The monoisotopic (exact) mass is 402 g/mol. The van der Waals surface area contributed by atoms with Gasteiger partial charge in [0.15, 0.2) is 0 Å². The van der Waals surface area contributed by atoms with Gasteiger partial charge in [0.2, 0.25) is 0 Å². The van der Waals surface area contributed by atoms with E-state index in [0.29, 0.717) is 18.0 Å². The highest BCUT2D eigenvalue weighted by Gasteiger charge is 2.47. The van der Waals surface area contributed by atoms with Crippen molar-refractivity contribution in [1.82, 2.24) is 4.90 Å². The highest BCUT2D eigenvalue weighted by atomic mass is 79.9. The summed E-state index contributed by atoms with van der Waals surface area (Å²) in [4.78, 5) is 15.2. The maximum absolute atomic E-state index is 11.5. The van der Waals surface area contributed by atoms with Gasteiger partial charge in [-0.15, -0.1) is 0 Å². The minimum absolute atomic E-state index is 0.0553. The molecule has 1 fully saturated rings. The zero-order chi connectivity index (χ0) is 16.8. The Morgan fingerprint density at radius 3 is 2.87 bits per heavy atom. The standard InChI is InChI=1S/C16H20BrClN2O3/c1-16(9-21)7-12(8-20(16)15(22)23)19-4-2-3-10-5-11(18)6-13(17)14(10)19/h5-6,12,21H,2-4,7-9H2,1H3,(H,22,23). The van der Waals surface area contributed by atoms with Crippen molar-refractivity contribution in [1.29, 1.82) is 0 Å². The van der Waals surface area contributed by atoms with Crippen molar-refractivity contribution < 1.29 is 15.0 Å². The number of carboxylic acid groups (broad SMARTS) is 1. The number of anilines is 1. The van der Waals surface area contributed by atoms with Crippen LogP contribution in [0.2, 0.25) is 5.02 Å². The number of amides is 1. The van der Waals surface area contributed by atoms with Crippen LogP contribution in [0.4, 0.5) is 10.5 Å². The first kappa shape index (κ1) is 16.9. The highest BCUT2D eigenvalue weighted by molar-refractivity contribution is 9.10. The summed E-state index contributed by atoms with van der Waals surface area (Å²) in [6.07, 6.45) is 1.62. The predicted octanol–water partition coefficient (Wildman–Crippen LogP) is 3.36. The van der Waals surface area contributed by atoms with E-state index in [0.717, 1.165) is 29.5 Å². The number of aliphatic hydroxyl groups is 1. The van der Waals surface area contributed by atoms with Crippen LogP contribution in [0.1, 0.15) is 25.3 Å². The number of benzene rings is 1. The van der Waals surface area contributed by atoms with Crippen LogP contribution in [0.5, 0.6) is 0 Å². The zero-order valence-corrected chi connectivity index (χ0v) is 15.3. The molecular formula is C16H20BrClN2O3. The van der Waals surface area contributed by atoms with Gasteiger partial charge in [-0.3, -0.25) is 4.90 Å². The normalized spacial score (nSPS) is 27.2. The van der Waals surface area contributed by atoms with Crippen LogP contribution in [0.15, 0.2) is 16.6 Å². The maximum atomic E-state index is 11.5. The lowest BCUT2D eigenvalue weighted by Gasteiger charge is -2.37. The molecule has 5 nitrogen and oxygen atoms in total. The van der Waals surface area contributed by atoms with Crippen molar-refractivity contribution in [3.05, 3.63) is 27.2 Å². The molecule has 1 aromatic carbocycles. The van der Waals surface area contributed by atoms with Crippen LogP contribution in [0, 0.1) is 0 Å². The van der Waals surface area contributed by atoms with Crippen molar-refractivity contribution in [2.24, 2.45) is 0 Å². The first-order chi connectivity index (χ1) is 10.9. The van der Waals surface area contributed by atoms with Crippen molar-refractivity contribution >= 4 is 39.3 Å². The number of hydrogen-bond acceptors (Lipinski definition) is 3. The molecule has 7 heteroatoms. The van der Waals surface area contributed by atoms with Crippen LogP contribution in [-0.4, -0.2) is 52.5 Å². The minimum atomic E-state index is -0.976. The molecule has 3 rings (SSSR count). The SMILES string of the molecule is CC1(CO)CC(N2CCCc3cc(Cl)cc(Br)c32)CN1C(=O)O. The zero-order valence-electron chi connectivity index (χ0n) is 12.9. The van der Waals surface area contributed by atoms with E-state index < -0.39 is 11.6 Å². The number of aryl methyl sites for hydroxylation is 1. The molecule has 2 aliphatic rings. The molecule has 2 atom stereocenters. The molecule has 126 valence electrons. The highest BCUT2D eigenvalue weighted by Crippen LogP contribution is 2.41. The van der Waals surface area contributed by atoms with Crippen LogP contribution in [0.3, 0.4) is 0 Å². The first-order valence-electron chi connectivity index (χ1n) is 7.72. The molecule has 2 unspecified atom stereocenters. The molecule has 0 radical (unpaired) electrons. The molecule has 23 heavy (non-hydrogen) atoms. The lowest BCUT2D eigenvalue weighted by Crippen LogP contribution is -2.47. The third-order valence-corrected chi connectivity index (χ3v) is 5.79. The molecule has 2 heterocycles. The smallest absolute Gasteiger partial charge is 0.407 e. The van der Waals surface area contributed by atoms with E-state index in [4.69, 9.17) is 11.6 Å². The summed E-state index contributed by atoms with van der Waals surface area (Å²) in [5.74, 6) is 0. The molecule has 1 amide bonds. The third kappa shape index (κ3) is 2.92. The quantitative estimate of drug-likeness (QED) is 0.795. The Morgan fingerprint density at radius 1 is 1.52 bits per heavy atom. The lowest BCUT2D eigenvalue weighted by atomic mass is 9.95. The Bertz CT molecular complexity index is 642. The molecule has 2 aliphatic heterocycles. The fourth-order valence-electron chi connectivity index (χ4n) is 3.83. The molecule has 0 aliphatic carbocycles. The second-order valence-electron chi connectivity index (χ2n) is 6.60. The van der Waals surface area contributed by atoms with Gasteiger partial charge < -0.3 is 15.1 Å². The number of carbonyl (C=O) groups is 1.